The van der Waals surface area contributed by atoms with Crippen molar-refractivity contribution in [2.45, 2.75) is 51.9 Å². The molecule has 2 amide bonds. The Hall–Kier alpha value is -2.12. The van der Waals surface area contributed by atoms with E-state index in [4.69, 9.17) is 14.7 Å². The predicted molar refractivity (Wildman–Crippen MR) is 88.9 cm³/mol. The molecule has 3 N–H and O–H groups in total. The number of nitrogens with one attached hydrogen (secondary N) is 2. The van der Waals surface area contributed by atoms with Crippen molar-refractivity contribution in [1.82, 2.24) is 10.8 Å². The standard InChI is InChI=1S/C17H26N2O5/c1-17(2,3)24-16(22)18-14(10-7-11-20)15(21)19-23-12-13-8-5-4-6-9-13/h4-6,8-9,14,20H,7,10-12H2,1-3H3,(H,18,22)(H,19,21)/t14-/m0/s1. The summed E-state index contributed by atoms with van der Waals surface area (Å²) in [6.07, 6.45) is -0.0494. The van der Waals surface area contributed by atoms with Gasteiger partial charge in [-0.1, -0.05) is 30.3 Å². The van der Waals surface area contributed by atoms with Crippen LogP contribution in [-0.4, -0.2) is 35.4 Å². The molecule has 0 spiro atoms. The van der Waals surface area contributed by atoms with E-state index in [0.29, 0.717) is 6.42 Å². The van der Waals surface area contributed by atoms with E-state index in [9.17, 15) is 9.59 Å². The third-order valence-electron chi connectivity index (χ3n) is 2.91. The van der Waals surface area contributed by atoms with Crippen molar-refractivity contribution in [2.75, 3.05) is 6.61 Å². The number of ether oxygens (including phenoxy) is 1. The van der Waals surface area contributed by atoms with Crippen LogP contribution in [0.5, 0.6) is 0 Å². The summed E-state index contributed by atoms with van der Waals surface area (Å²) in [5.41, 5.74) is 2.56. The summed E-state index contributed by atoms with van der Waals surface area (Å²) in [4.78, 5) is 29.1. The van der Waals surface area contributed by atoms with Gasteiger partial charge in [-0.25, -0.2) is 10.3 Å². The van der Waals surface area contributed by atoms with Crippen LogP contribution in [0.3, 0.4) is 0 Å². The number of benzene rings is 1. The monoisotopic (exact) mass is 338 g/mol. The molecule has 0 saturated heterocycles. The molecule has 0 heterocycles. The predicted octanol–water partition coefficient (Wildman–Crippen LogP) is 1.90. The van der Waals surface area contributed by atoms with E-state index in [1.807, 2.05) is 30.3 Å². The Morgan fingerprint density at radius 3 is 2.46 bits per heavy atom. The van der Waals surface area contributed by atoms with Gasteiger partial charge in [0.25, 0.3) is 5.91 Å². The Morgan fingerprint density at radius 1 is 1.21 bits per heavy atom. The van der Waals surface area contributed by atoms with Gasteiger partial charge in [0.2, 0.25) is 0 Å². The van der Waals surface area contributed by atoms with Crippen LogP contribution in [0.25, 0.3) is 0 Å². The highest BCUT2D eigenvalue weighted by atomic mass is 16.7. The maximum atomic E-state index is 12.2. The van der Waals surface area contributed by atoms with Gasteiger partial charge in [0.05, 0.1) is 6.61 Å². The molecule has 0 saturated carbocycles. The van der Waals surface area contributed by atoms with Crippen LogP contribution in [0.4, 0.5) is 4.79 Å². The second-order valence-electron chi connectivity index (χ2n) is 6.31. The molecule has 0 fully saturated rings. The fraction of sp³-hybridized carbons (Fsp3) is 0.529. The maximum absolute atomic E-state index is 12.2. The Bertz CT molecular complexity index is 513. The smallest absolute Gasteiger partial charge is 0.408 e. The lowest BCUT2D eigenvalue weighted by atomic mass is 10.1. The highest BCUT2D eigenvalue weighted by Crippen LogP contribution is 2.08. The number of hydrogen-bond donors (Lipinski definition) is 3. The lowest BCUT2D eigenvalue weighted by molar-refractivity contribution is -0.137. The minimum atomic E-state index is -0.845. The molecule has 0 aliphatic rings. The summed E-state index contributed by atoms with van der Waals surface area (Å²) in [5.74, 6) is -0.495. The third kappa shape index (κ3) is 8.50. The molecule has 1 rings (SSSR count). The molecule has 7 nitrogen and oxygen atoms in total. The van der Waals surface area contributed by atoms with Crippen LogP contribution in [0, 0.1) is 0 Å². The number of hydrogen-bond acceptors (Lipinski definition) is 5. The average molecular weight is 338 g/mol. The topological polar surface area (TPSA) is 96.9 Å². The minimum Gasteiger partial charge on any atom is -0.444 e. The van der Waals surface area contributed by atoms with Crippen LogP contribution in [0.2, 0.25) is 0 Å². The van der Waals surface area contributed by atoms with Gasteiger partial charge >= 0.3 is 6.09 Å². The molecule has 7 heteroatoms. The van der Waals surface area contributed by atoms with E-state index in [1.54, 1.807) is 20.8 Å². The first-order valence-corrected chi connectivity index (χ1v) is 7.88. The molecule has 0 aliphatic carbocycles. The zero-order valence-electron chi connectivity index (χ0n) is 14.4. The molecule has 1 atom stereocenters. The summed E-state index contributed by atoms with van der Waals surface area (Å²) in [6, 6.07) is 8.52. The van der Waals surface area contributed by atoms with Crippen molar-refractivity contribution in [3.8, 4) is 0 Å². The van der Waals surface area contributed by atoms with E-state index in [0.717, 1.165) is 5.56 Å². The number of hydroxylamine groups is 1. The zero-order chi connectivity index (χ0) is 18.0. The molecule has 134 valence electrons. The van der Waals surface area contributed by atoms with Gasteiger partial charge in [0, 0.05) is 6.61 Å². The molecule has 0 aliphatic heterocycles. The quantitative estimate of drug-likeness (QED) is 0.629. The Kier molecular flexibility index (Phi) is 8.21. The van der Waals surface area contributed by atoms with Gasteiger partial charge in [-0.3, -0.25) is 9.63 Å². The maximum Gasteiger partial charge on any atom is 0.408 e. The minimum absolute atomic E-state index is 0.0787. The summed E-state index contributed by atoms with van der Waals surface area (Å²) in [5, 5.41) is 11.4. The lowest BCUT2D eigenvalue weighted by Gasteiger charge is -2.23. The van der Waals surface area contributed by atoms with Gasteiger partial charge < -0.3 is 15.2 Å². The van der Waals surface area contributed by atoms with Crippen LogP contribution in [0.15, 0.2) is 30.3 Å². The Morgan fingerprint density at radius 2 is 1.88 bits per heavy atom. The highest BCUT2D eigenvalue weighted by molar-refractivity contribution is 5.84. The Labute approximate surface area is 142 Å². The van der Waals surface area contributed by atoms with Gasteiger partial charge in [0.1, 0.15) is 11.6 Å². The first kappa shape index (κ1) is 19.9. The first-order chi connectivity index (χ1) is 11.3. The van der Waals surface area contributed by atoms with E-state index in [2.05, 4.69) is 10.8 Å². The summed E-state index contributed by atoms with van der Waals surface area (Å²) in [7, 11) is 0. The van der Waals surface area contributed by atoms with Gasteiger partial charge in [-0.15, -0.1) is 0 Å². The van der Waals surface area contributed by atoms with Crippen LogP contribution in [-0.2, 0) is 21.0 Å². The molecule has 0 unspecified atom stereocenters. The largest absolute Gasteiger partial charge is 0.444 e. The molecule has 0 aromatic heterocycles. The van der Waals surface area contributed by atoms with Crippen LogP contribution < -0.4 is 10.8 Å². The number of aliphatic hydroxyl groups is 1. The number of rotatable bonds is 8. The van der Waals surface area contributed by atoms with Crippen molar-refractivity contribution in [3.05, 3.63) is 35.9 Å². The number of amides is 2. The van der Waals surface area contributed by atoms with Crippen molar-refractivity contribution >= 4 is 12.0 Å². The number of carbonyl (C=O) groups excluding carboxylic acids is 2. The normalized spacial score (nSPS) is 12.3. The molecule has 0 bridgehead atoms. The molecule has 1 aromatic rings. The fourth-order valence-electron chi connectivity index (χ4n) is 1.85. The van der Waals surface area contributed by atoms with Gasteiger partial charge in [0.15, 0.2) is 0 Å². The number of alkyl carbamates (subject to hydrolysis) is 1. The van der Waals surface area contributed by atoms with Gasteiger partial charge in [-0.2, -0.15) is 0 Å². The zero-order valence-corrected chi connectivity index (χ0v) is 14.4. The van der Waals surface area contributed by atoms with E-state index in [1.165, 1.54) is 0 Å². The molecule has 24 heavy (non-hydrogen) atoms. The summed E-state index contributed by atoms with van der Waals surface area (Å²) < 4.78 is 5.14. The fourth-order valence-corrected chi connectivity index (χ4v) is 1.85. The summed E-state index contributed by atoms with van der Waals surface area (Å²) >= 11 is 0. The third-order valence-corrected chi connectivity index (χ3v) is 2.91. The number of aliphatic hydroxyl groups excluding tert-OH is 1. The van der Waals surface area contributed by atoms with Crippen LogP contribution >= 0.6 is 0 Å². The second-order valence-corrected chi connectivity index (χ2v) is 6.31. The van der Waals surface area contributed by atoms with E-state index >= 15 is 0 Å². The van der Waals surface area contributed by atoms with Crippen molar-refractivity contribution in [3.63, 3.8) is 0 Å². The lowest BCUT2D eigenvalue weighted by Crippen LogP contribution is -2.48. The van der Waals surface area contributed by atoms with Crippen molar-refractivity contribution < 1.29 is 24.3 Å². The highest BCUT2D eigenvalue weighted by Gasteiger charge is 2.24. The molecule has 0 radical (unpaired) electrons. The first-order valence-electron chi connectivity index (χ1n) is 7.88. The van der Waals surface area contributed by atoms with Crippen LogP contribution in [0.1, 0.15) is 39.2 Å². The SMILES string of the molecule is CC(C)(C)OC(=O)N[C@@H](CCCO)C(=O)NOCc1ccccc1. The number of carbonyl (C=O) groups is 2. The molecular formula is C17H26N2O5. The molecule has 1 aromatic carbocycles. The van der Waals surface area contributed by atoms with Crippen molar-refractivity contribution in [2.24, 2.45) is 0 Å². The van der Waals surface area contributed by atoms with E-state index < -0.39 is 23.6 Å². The molecular weight excluding hydrogens is 312 g/mol. The van der Waals surface area contributed by atoms with Crippen molar-refractivity contribution in [1.29, 1.82) is 0 Å². The Balaban J connectivity index is 2.49. The van der Waals surface area contributed by atoms with Gasteiger partial charge in [-0.05, 0) is 39.2 Å². The summed E-state index contributed by atoms with van der Waals surface area (Å²) in [6.45, 7) is 5.34. The average Bonchev–Trinajstić information content (AvgIpc) is 2.50. The van der Waals surface area contributed by atoms with E-state index in [-0.39, 0.29) is 19.6 Å². The second kappa shape index (κ2) is 9.89.